The molecule has 0 N–H and O–H groups in total. The van der Waals surface area contributed by atoms with E-state index in [1.54, 1.807) is 12.1 Å². The van der Waals surface area contributed by atoms with Gasteiger partial charge in [-0.25, -0.2) is 9.18 Å². The minimum absolute atomic E-state index is 0.155. The molecule has 1 aromatic heterocycles. The number of amides is 1. The second-order valence-corrected chi connectivity index (χ2v) is 6.68. The number of hydrogen-bond donors (Lipinski definition) is 0. The van der Waals surface area contributed by atoms with E-state index in [1.807, 2.05) is 4.90 Å². The normalized spacial score (nSPS) is 14.2. The lowest BCUT2D eigenvalue weighted by atomic mass is 10.1. The molecule has 0 radical (unpaired) electrons. The Labute approximate surface area is 163 Å². The maximum Gasteiger partial charge on any atom is 0.349 e. The number of piperazine rings is 1. The molecule has 0 atom stereocenters. The van der Waals surface area contributed by atoms with Crippen molar-refractivity contribution in [3.8, 4) is 0 Å². The Kier molecular flexibility index (Phi) is 4.71. The third-order valence-electron chi connectivity index (χ3n) is 4.92. The zero-order valence-electron chi connectivity index (χ0n) is 15.2. The van der Waals surface area contributed by atoms with Crippen LogP contribution in [0.25, 0.3) is 11.0 Å². The summed E-state index contributed by atoms with van der Waals surface area (Å²) >= 11 is 0. The van der Waals surface area contributed by atoms with Gasteiger partial charge >= 0.3 is 5.63 Å². The predicted octanol–water partition coefficient (Wildman–Crippen LogP) is 2.80. The summed E-state index contributed by atoms with van der Waals surface area (Å²) in [4.78, 5) is 39.1. The van der Waals surface area contributed by atoms with E-state index in [-0.39, 0.29) is 22.7 Å². The third kappa shape index (κ3) is 3.66. The maximum atomic E-state index is 13.1. The summed E-state index contributed by atoms with van der Waals surface area (Å²) in [6, 6.07) is 11.3. The Morgan fingerprint density at radius 3 is 2.38 bits per heavy atom. The van der Waals surface area contributed by atoms with Gasteiger partial charge in [0.05, 0.1) is 4.92 Å². The molecule has 3 aromatic rings. The third-order valence-corrected chi connectivity index (χ3v) is 4.92. The number of carbonyl (C=O) groups is 1. The largest absolute Gasteiger partial charge is 0.422 e. The zero-order chi connectivity index (χ0) is 20.5. The summed E-state index contributed by atoms with van der Waals surface area (Å²) < 4.78 is 18.2. The number of carbonyl (C=O) groups excluding carboxylic acids is 1. The number of non-ortho nitro benzene ring substituents is 1. The fraction of sp³-hybridized carbons (Fsp3) is 0.200. The number of rotatable bonds is 3. The summed E-state index contributed by atoms with van der Waals surface area (Å²) in [5.41, 5.74) is -0.0579. The molecular weight excluding hydrogens is 381 g/mol. The minimum Gasteiger partial charge on any atom is -0.422 e. The van der Waals surface area contributed by atoms with Crippen LogP contribution in [0.3, 0.4) is 0 Å². The van der Waals surface area contributed by atoms with E-state index in [4.69, 9.17) is 4.42 Å². The molecule has 4 rings (SSSR count). The second kappa shape index (κ2) is 7.34. The molecule has 148 valence electrons. The van der Waals surface area contributed by atoms with E-state index in [9.17, 15) is 24.1 Å². The average Bonchev–Trinajstić information content (AvgIpc) is 2.73. The first-order valence-electron chi connectivity index (χ1n) is 8.94. The van der Waals surface area contributed by atoms with Crippen molar-refractivity contribution in [1.29, 1.82) is 0 Å². The number of nitro benzene ring substituents is 1. The molecule has 29 heavy (non-hydrogen) atoms. The van der Waals surface area contributed by atoms with Gasteiger partial charge in [-0.15, -0.1) is 0 Å². The van der Waals surface area contributed by atoms with Crippen molar-refractivity contribution in [3.63, 3.8) is 0 Å². The summed E-state index contributed by atoms with van der Waals surface area (Å²) in [5, 5.41) is 11.3. The van der Waals surface area contributed by atoms with Crippen molar-refractivity contribution >= 4 is 28.3 Å². The van der Waals surface area contributed by atoms with Gasteiger partial charge in [0.1, 0.15) is 17.0 Å². The van der Waals surface area contributed by atoms with Crippen molar-refractivity contribution in [3.05, 3.63) is 80.4 Å². The first kappa shape index (κ1) is 18.6. The molecule has 0 spiro atoms. The lowest BCUT2D eigenvalue weighted by Crippen LogP contribution is -2.49. The zero-order valence-corrected chi connectivity index (χ0v) is 15.2. The summed E-state index contributed by atoms with van der Waals surface area (Å²) in [6.45, 7) is 1.81. The molecule has 9 heteroatoms. The summed E-state index contributed by atoms with van der Waals surface area (Å²) in [7, 11) is 0. The number of benzene rings is 2. The van der Waals surface area contributed by atoms with E-state index in [2.05, 4.69) is 0 Å². The molecule has 0 aliphatic carbocycles. The van der Waals surface area contributed by atoms with E-state index in [0.29, 0.717) is 31.6 Å². The molecule has 1 fully saturated rings. The second-order valence-electron chi connectivity index (χ2n) is 6.68. The smallest absolute Gasteiger partial charge is 0.349 e. The summed E-state index contributed by atoms with van der Waals surface area (Å²) in [5.74, 6) is -0.795. The average molecular weight is 397 g/mol. The Morgan fingerprint density at radius 1 is 1.03 bits per heavy atom. The molecule has 1 aliphatic rings. The SMILES string of the molecule is O=C(c1cc2cc([N+](=O)[O-])ccc2oc1=O)N1CCN(c2ccc(F)cc2)CC1. The molecule has 0 bridgehead atoms. The lowest BCUT2D eigenvalue weighted by Gasteiger charge is -2.36. The van der Waals surface area contributed by atoms with Gasteiger partial charge < -0.3 is 14.2 Å². The molecule has 2 heterocycles. The number of fused-ring (bicyclic) bond motifs is 1. The van der Waals surface area contributed by atoms with Gasteiger partial charge in [-0.2, -0.15) is 0 Å². The Morgan fingerprint density at radius 2 is 1.72 bits per heavy atom. The molecule has 2 aromatic carbocycles. The first-order valence-corrected chi connectivity index (χ1v) is 8.94. The van der Waals surface area contributed by atoms with E-state index in [1.165, 1.54) is 41.3 Å². The van der Waals surface area contributed by atoms with Crippen molar-refractivity contribution < 1.29 is 18.5 Å². The highest BCUT2D eigenvalue weighted by Gasteiger charge is 2.25. The van der Waals surface area contributed by atoms with Crippen LogP contribution in [0.1, 0.15) is 10.4 Å². The van der Waals surface area contributed by atoms with Crippen LogP contribution in [-0.4, -0.2) is 41.9 Å². The van der Waals surface area contributed by atoms with Gasteiger partial charge in [0.25, 0.3) is 11.6 Å². The topological polar surface area (TPSA) is 96.9 Å². The van der Waals surface area contributed by atoms with Crippen molar-refractivity contribution in [2.75, 3.05) is 31.1 Å². The molecule has 8 nitrogen and oxygen atoms in total. The van der Waals surface area contributed by atoms with Gasteiger partial charge in [0.15, 0.2) is 0 Å². The maximum absolute atomic E-state index is 13.1. The highest BCUT2D eigenvalue weighted by Crippen LogP contribution is 2.22. The van der Waals surface area contributed by atoms with Crippen LogP contribution in [-0.2, 0) is 0 Å². The summed E-state index contributed by atoms with van der Waals surface area (Å²) in [6.07, 6.45) is 0. The van der Waals surface area contributed by atoms with Crippen LogP contribution >= 0.6 is 0 Å². The molecule has 0 unspecified atom stereocenters. The Balaban J connectivity index is 1.54. The quantitative estimate of drug-likeness (QED) is 0.383. The van der Waals surface area contributed by atoms with E-state index in [0.717, 1.165) is 5.69 Å². The monoisotopic (exact) mass is 397 g/mol. The standard InChI is InChI=1S/C20H16FN3O5/c21-14-1-3-15(4-2-14)22-7-9-23(10-8-22)19(25)17-12-13-11-16(24(27)28)5-6-18(13)29-20(17)26/h1-6,11-12H,7-10H2. The number of anilines is 1. The molecule has 1 aliphatic heterocycles. The molecule has 1 amide bonds. The van der Waals surface area contributed by atoms with Gasteiger partial charge in [-0.05, 0) is 36.4 Å². The van der Waals surface area contributed by atoms with Crippen LogP contribution in [0, 0.1) is 15.9 Å². The number of hydrogen-bond acceptors (Lipinski definition) is 6. The van der Waals surface area contributed by atoms with Crippen LogP contribution in [0.5, 0.6) is 0 Å². The molecule has 1 saturated heterocycles. The molecule has 0 saturated carbocycles. The van der Waals surface area contributed by atoms with Crippen LogP contribution in [0.15, 0.2) is 57.7 Å². The van der Waals surface area contributed by atoms with Gasteiger partial charge in [0, 0.05) is 49.4 Å². The minimum atomic E-state index is -0.780. The fourth-order valence-corrected chi connectivity index (χ4v) is 3.36. The van der Waals surface area contributed by atoms with Crippen LogP contribution in [0.2, 0.25) is 0 Å². The van der Waals surface area contributed by atoms with Crippen molar-refractivity contribution in [2.24, 2.45) is 0 Å². The number of nitrogens with zero attached hydrogens (tertiary/aromatic N) is 3. The van der Waals surface area contributed by atoms with Crippen LogP contribution < -0.4 is 10.5 Å². The number of halogens is 1. The van der Waals surface area contributed by atoms with Crippen molar-refractivity contribution in [1.82, 2.24) is 4.90 Å². The fourth-order valence-electron chi connectivity index (χ4n) is 3.36. The van der Waals surface area contributed by atoms with Gasteiger partial charge in [0.2, 0.25) is 0 Å². The van der Waals surface area contributed by atoms with Crippen LogP contribution in [0.4, 0.5) is 15.8 Å². The highest BCUT2D eigenvalue weighted by atomic mass is 19.1. The Bertz CT molecular complexity index is 1150. The predicted molar refractivity (Wildman–Crippen MR) is 104 cm³/mol. The van der Waals surface area contributed by atoms with Gasteiger partial charge in [-0.3, -0.25) is 14.9 Å². The van der Waals surface area contributed by atoms with Gasteiger partial charge in [-0.1, -0.05) is 0 Å². The lowest BCUT2D eigenvalue weighted by molar-refractivity contribution is -0.384. The Hall–Kier alpha value is -3.75. The van der Waals surface area contributed by atoms with E-state index >= 15 is 0 Å². The number of nitro groups is 1. The highest BCUT2D eigenvalue weighted by molar-refractivity contribution is 5.97. The van der Waals surface area contributed by atoms with Crippen molar-refractivity contribution in [2.45, 2.75) is 0 Å². The first-order chi connectivity index (χ1) is 13.9. The molecular formula is C20H16FN3O5. The van der Waals surface area contributed by atoms with E-state index < -0.39 is 16.5 Å².